The Bertz CT molecular complexity index is 743. The Hall–Kier alpha value is -2.20. The predicted octanol–water partition coefficient (Wildman–Crippen LogP) is 3.86. The number of anilines is 1. The predicted molar refractivity (Wildman–Crippen MR) is 78.8 cm³/mol. The van der Waals surface area contributed by atoms with E-state index in [-0.39, 0.29) is 5.91 Å². The lowest BCUT2D eigenvalue weighted by atomic mass is 10.1. The monoisotopic (exact) mass is 268 g/mol. The molecule has 3 rings (SSSR count). The number of benzene rings is 1. The Morgan fingerprint density at radius 1 is 1.26 bits per heavy atom. The van der Waals surface area contributed by atoms with Crippen LogP contribution >= 0.6 is 11.3 Å². The van der Waals surface area contributed by atoms with Crippen LogP contribution in [-0.4, -0.2) is 10.9 Å². The van der Waals surface area contributed by atoms with Crippen molar-refractivity contribution in [3.05, 3.63) is 58.5 Å². The number of hydrogen-bond acceptors (Lipinski definition) is 3. The molecule has 0 spiro atoms. The van der Waals surface area contributed by atoms with E-state index in [0.717, 1.165) is 26.9 Å². The van der Waals surface area contributed by atoms with Gasteiger partial charge in [-0.3, -0.25) is 9.78 Å². The lowest BCUT2D eigenvalue weighted by Crippen LogP contribution is -2.11. The van der Waals surface area contributed by atoms with Crippen LogP contribution in [0, 0.1) is 6.92 Å². The van der Waals surface area contributed by atoms with Crippen molar-refractivity contribution in [2.24, 2.45) is 0 Å². The van der Waals surface area contributed by atoms with Crippen LogP contribution in [0.1, 0.15) is 15.2 Å². The summed E-state index contributed by atoms with van der Waals surface area (Å²) < 4.78 is 0. The topological polar surface area (TPSA) is 42.0 Å². The fourth-order valence-corrected chi connectivity index (χ4v) is 2.84. The number of nitrogens with zero attached hydrogens (tertiary/aromatic N) is 1. The second-order valence-corrected chi connectivity index (χ2v) is 5.21. The van der Waals surface area contributed by atoms with Gasteiger partial charge in [-0.2, -0.15) is 0 Å². The molecule has 0 aliphatic heterocycles. The highest BCUT2D eigenvalue weighted by Gasteiger charge is 2.11. The fraction of sp³-hybridized carbons (Fsp3) is 0.0667. The second kappa shape index (κ2) is 4.82. The van der Waals surface area contributed by atoms with Gasteiger partial charge in [0.2, 0.25) is 0 Å². The minimum absolute atomic E-state index is 0.0585. The summed E-state index contributed by atoms with van der Waals surface area (Å²) in [5, 5.41) is 6.92. The highest BCUT2D eigenvalue weighted by molar-refractivity contribution is 7.12. The second-order valence-electron chi connectivity index (χ2n) is 4.29. The first-order chi connectivity index (χ1) is 9.25. The molecule has 0 atom stereocenters. The molecule has 1 aromatic carbocycles. The van der Waals surface area contributed by atoms with Crippen molar-refractivity contribution in [2.45, 2.75) is 6.92 Å². The van der Waals surface area contributed by atoms with Crippen LogP contribution in [0.5, 0.6) is 0 Å². The molecule has 0 saturated heterocycles. The number of aryl methyl sites for hydroxylation is 1. The summed E-state index contributed by atoms with van der Waals surface area (Å²) in [6, 6.07) is 9.66. The molecular formula is C15H12N2OS. The first kappa shape index (κ1) is 11.9. The molecule has 19 heavy (non-hydrogen) atoms. The number of carbonyl (C=O) groups is 1. The van der Waals surface area contributed by atoms with Gasteiger partial charge in [-0.05, 0) is 36.1 Å². The van der Waals surface area contributed by atoms with E-state index in [2.05, 4.69) is 10.3 Å². The van der Waals surface area contributed by atoms with Gasteiger partial charge in [-0.15, -0.1) is 11.3 Å². The maximum atomic E-state index is 12.2. The quantitative estimate of drug-likeness (QED) is 0.767. The molecule has 1 N–H and O–H groups in total. The molecule has 0 unspecified atom stereocenters. The van der Waals surface area contributed by atoms with Gasteiger partial charge in [-0.1, -0.05) is 12.1 Å². The summed E-state index contributed by atoms with van der Waals surface area (Å²) in [6.07, 6.45) is 3.52. The average Bonchev–Trinajstić information content (AvgIpc) is 2.85. The van der Waals surface area contributed by atoms with Crippen LogP contribution in [0.2, 0.25) is 0 Å². The van der Waals surface area contributed by atoms with Gasteiger partial charge >= 0.3 is 0 Å². The third-order valence-electron chi connectivity index (χ3n) is 3.00. The highest BCUT2D eigenvalue weighted by Crippen LogP contribution is 2.24. The van der Waals surface area contributed by atoms with Crippen LogP contribution in [0.3, 0.4) is 0 Å². The minimum atomic E-state index is -0.0585. The summed E-state index contributed by atoms with van der Waals surface area (Å²) >= 11 is 1.46. The lowest BCUT2D eigenvalue weighted by molar-refractivity contribution is 0.103. The van der Waals surface area contributed by atoms with Gasteiger partial charge in [0.05, 0.1) is 4.88 Å². The Morgan fingerprint density at radius 2 is 2.16 bits per heavy atom. The van der Waals surface area contributed by atoms with E-state index in [1.54, 1.807) is 12.4 Å². The highest BCUT2D eigenvalue weighted by atomic mass is 32.1. The molecule has 0 fully saturated rings. The van der Waals surface area contributed by atoms with Crippen molar-refractivity contribution in [1.29, 1.82) is 0 Å². The Morgan fingerprint density at radius 3 is 2.95 bits per heavy atom. The zero-order chi connectivity index (χ0) is 13.2. The molecule has 2 heterocycles. The summed E-state index contributed by atoms with van der Waals surface area (Å²) in [7, 11) is 0. The van der Waals surface area contributed by atoms with Crippen LogP contribution in [-0.2, 0) is 0 Å². The number of rotatable bonds is 2. The van der Waals surface area contributed by atoms with E-state index in [4.69, 9.17) is 0 Å². The standard InChI is InChI=1S/C15H12N2OS/c1-10-6-8-19-14(10)15(18)17-13-4-2-3-11-9-16-7-5-12(11)13/h2-9H,1H3,(H,17,18). The normalized spacial score (nSPS) is 10.6. The molecule has 0 bridgehead atoms. The van der Waals surface area contributed by atoms with Crippen molar-refractivity contribution < 1.29 is 4.79 Å². The van der Waals surface area contributed by atoms with Gasteiger partial charge in [-0.25, -0.2) is 0 Å². The van der Waals surface area contributed by atoms with E-state index < -0.39 is 0 Å². The number of amides is 1. The third-order valence-corrected chi connectivity index (χ3v) is 4.01. The molecule has 0 radical (unpaired) electrons. The van der Waals surface area contributed by atoms with E-state index in [0.29, 0.717) is 0 Å². The number of pyridine rings is 1. The molecule has 4 heteroatoms. The Labute approximate surface area is 114 Å². The molecule has 3 nitrogen and oxygen atoms in total. The maximum Gasteiger partial charge on any atom is 0.266 e. The minimum Gasteiger partial charge on any atom is -0.321 e. The number of carbonyl (C=O) groups excluding carboxylic acids is 1. The molecule has 1 amide bonds. The number of aromatic nitrogens is 1. The van der Waals surface area contributed by atoms with Gasteiger partial charge in [0.15, 0.2) is 0 Å². The maximum absolute atomic E-state index is 12.2. The SMILES string of the molecule is Cc1ccsc1C(=O)Nc1cccc2cnccc12. The summed E-state index contributed by atoms with van der Waals surface area (Å²) in [6.45, 7) is 1.94. The molecule has 0 saturated carbocycles. The van der Waals surface area contributed by atoms with Gasteiger partial charge in [0, 0.05) is 28.9 Å². The molecule has 2 aromatic heterocycles. The van der Waals surface area contributed by atoms with Crippen LogP contribution in [0.15, 0.2) is 48.1 Å². The third kappa shape index (κ3) is 2.22. The molecule has 0 aliphatic rings. The van der Waals surface area contributed by atoms with E-state index in [9.17, 15) is 4.79 Å². The van der Waals surface area contributed by atoms with Crippen molar-refractivity contribution in [1.82, 2.24) is 4.98 Å². The first-order valence-corrected chi connectivity index (χ1v) is 6.82. The number of hydrogen-bond donors (Lipinski definition) is 1. The van der Waals surface area contributed by atoms with Crippen molar-refractivity contribution in [2.75, 3.05) is 5.32 Å². The van der Waals surface area contributed by atoms with Crippen molar-refractivity contribution in [3.63, 3.8) is 0 Å². The van der Waals surface area contributed by atoms with E-state index >= 15 is 0 Å². The zero-order valence-electron chi connectivity index (χ0n) is 10.4. The fourth-order valence-electron chi connectivity index (χ4n) is 2.02. The molecule has 3 aromatic rings. The number of fused-ring (bicyclic) bond motifs is 1. The van der Waals surface area contributed by atoms with Crippen molar-refractivity contribution in [3.8, 4) is 0 Å². The van der Waals surface area contributed by atoms with Gasteiger partial charge in [0.25, 0.3) is 5.91 Å². The van der Waals surface area contributed by atoms with Crippen LogP contribution in [0.25, 0.3) is 10.8 Å². The lowest BCUT2D eigenvalue weighted by Gasteiger charge is -2.08. The van der Waals surface area contributed by atoms with E-state index in [1.807, 2.05) is 42.6 Å². The van der Waals surface area contributed by atoms with Gasteiger partial charge < -0.3 is 5.32 Å². The van der Waals surface area contributed by atoms with E-state index in [1.165, 1.54) is 11.3 Å². The van der Waals surface area contributed by atoms with Crippen LogP contribution in [0.4, 0.5) is 5.69 Å². The van der Waals surface area contributed by atoms with Gasteiger partial charge in [0.1, 0.15) is 0 Å². The number of nitrogens with one attached hydrogen (secondary N) is 1. The zero-order valence-corrected chi connectivity index (χ0v) is 11.2. The summed E-state index contributed by atoms with van der Waals surface area (Å²) in [5.41, 5.74) is 1.82. The molecular weight excluding hydrogens is 256 g/mol. The molecule has 94 valence electrons. The number of thiophene rings is 1. The summed E-state index contributed by atoms with van der Waals surface area (Å²) in [4.78, 5) is 17.1. The largest absolute Gasteiger partial charge is 0.321 e. The first-order valence-electron chi connectivity index (χ1n) is 5.94. The Kier molecular flexibility index (Phi) is 3.01. The average molecular weight is 268 g/mol. The summed E-state index contributed by atoms with van der Waals surface area (Å²) in [5.74, 6) is -0.0585. The Balaban J connectivity index is 1.98. The van der Waals surface area contributed by atoms with Crippen molar-refractivity contribution >= 4 is 33.7 Å². The smallest absolute Gasteiger partial charge is 0.266 e. The molecule has 0 aliphatic carbocycles. The van der Waals surface area contributed by atoms with Crippen LogP contribution < -0.4 is 5.32 Å².